The number of ether oxygens (including phenoxy) is 2. The highest BCUT2D eigenvalue weighted by molar-refractivity contribution is 5.80. The smallest absolute Gasteiger partial charge is 0.305 e. The van der Waals surface area contributed by atoms with Gasteiger partial charge in [-0.15, -0.1) is 0 Å². The molecule has 0 spiro atoms. The van der Waals surface area contributed by atoms with Crippen molar-refractivity contribution >= 4 is 11.9 Å². The van der Waals surface area contributed by atoms with Crippen molar-refractivity contribution in [3.8, 4) is 6.19 Å². The fourth-order valence-corrected chi connectivity index (χ4v) is 7.67. The highest BCUT2D eigenvalue weighted by Crippen LogP contribution is 2.20. The van der Waals surface area contributed by atoms with Crippen LogP contribution in [0.1, 0.15) is 239 Å². The molecule has 0 aromatic carbocycles. The molecule has 0 fully saturated rings. The summed E-state index contributed by atoms with van der Waals surface area (Å²) in [5, 5.41) is 22.5. The minimum absolute atomic E-state index is 0.0254. The Morgan fingerprint density at radius 2 is 1.03 bits per heavy atom. The summed E-state index contributed by atoms with van der Waals surface area (Å²) in [4.78, 5) is 21.1. The molecule has 0 bridgehead atoms. The van der Waals surface area contributed by atoms with E-state index in [4.69, 9.17) is 14.7 Å². The summed E-state index contributed by atoms with van der Waals surface area (Å²) in [6.45, 7) is 11.2. The number of carbonyl (C=O) groups is 1. The molecule has 0 aromatic heterocycles. The summed E-state index contributed by atoms with van der Waals surface area (Å²) < 4.78 is 11.8. The third-order valence-corrected chi connectivity index (χ3v) is 11.4. The Balaban J connectivity index is 4.49. The van der Waals surface area contributed by atoms with Crippen LogP contribution in [0.4, 0.5) is 0 Å². The minimum atomic E-state index is -0.630. The zero-order valence-corrected chi connectivity index (χ0v) is 39.2. The van der Waals surface area contributed by atoms with E-state index in [1.165, 1.54) is 148 Å². The van der Waals surface area contributed by atoms with Crippen molar-refractivity contribution in [2.75, 3.05) is 46.9 Å². The van der Waals surface area contributed by atoms with Crippen LogP contribution in [0.2, 0.25) is 0 Å². The number of nitriles is 1. The quantitative estimate of drug-likeness (QED) is 0.0119. The van der Waals surface area contributed by atoms with E-state index in [-0.39, 0.29) is 12.1 Å². The normalized spacial score (nSPS) is 12.4. The van der Waals surface area contributed by atoms with Crippen molar-refractivity contribution in [3.63, 3.8) is 0 Å². The number of unbranched alkanes of at least 4 members (excludes halogenated alkanes) is 24. The molecule has 0 radical (unpaired) electrons. The van der Waals surface area contributed by atoms with E-state index in [0.717, 1.165) is 83.8 Å². The fourth-order valence-electron chi connectivity index (χ4n) is 7.67. The van der Waals surface area contributed by atoms with Gasteiger partial charge in [0.2, 0.25) is 5.96 Å². The van der Waals surface area contributed by atoms with E-state index in [9.17, 15) is 9.90 Å². The number of rotatable bonds is 44. The molecule has 0 amide bonds. The average Bonchev–Trinajstić information content (AvgIpc) is 3.21. The lowest BCUT2D eigenvalue weighted by atomic mass is 10.0. The van der Waals surface area contributed by atoms with E-state index in [1.54, 1.807) is 0 Å². The minimum Gasteiger partial charge on any atom is -0.466 e. The van der Waals surface area contributed by atoms with Crippen molar-refractivity contribution in [3.05, 3.63) is 0 Å². The summed E-state index contributed by atoms with van der Waals surface area (Å²) >= 11 is 0. The highest BCUT2D eigenvalue weighted by Gasteiger charge is 2.15. The van der Waals surface area contributed by atoms with Gasteiger partial charge in [0.15, 0.2) is 12.5 Å². The molecule has 58 heavy (non-hydrogen) atoms. The van der Waals surface area contributed by atoms with Gasteiger partial charge in [-0.2, -0.15) is 5.26 Å². The monoisotopic (exact) mass is 820 g/mol. The zero-order chi connectivity index (χ0) is 42.6. The van der Waals surface area contributed by atoms with Gasteiger partial charge >= 0.3 is 5.97 Å². The number of hydrogen-bond donors (Lipinski definition) is 2. The second-order valence-electron chi connectivity index (χ2n) is 17.3. The number of aliphatic hydroxyl groups excluding tert-OH is 1. The van der Waals surface area contributed by atoms with Gasteiger partial charge in [0, 0.05) is 27.1 Å². The van der Waals surface area contributed by atoms with Crippen LogP contribution >= 0.6 is 0 Å². The van der Waals surface area contributed by atoms with Gasteiger partial charge in [-0.1, -0.05) is 175 Å². The van der Waals surface area contributed by atoms with Gasteiger partial charge in [-0.05, 0) is 77.4 Å². The molecule has 0 rings (SSSR count). The van der Waals surface area contributed by atoms with E-state index in [0.29, 0.717) is 25.5 Å². The Bertz CT molecular complexity index is 927. The lowest BCUT2D eigenvalue weighted by molar-refractivity contribution is -0.144. The van der Waals surface area contributed by atoms with Crippen LogP contribution in [-0.2, 0) is 14.3 Å². The molecule has 1 unspecified atom stereocenters. The lowest BCUT2D eigenvalue weighted by Gasteiger charge is -2.23. The Hall–Kier alpha value is -1.89. The summed E-state index contributed by atoms with van der Waals surface area (Å²) in [5.74, 6) is 0.585. The molecule has 9 heteroatoms. The van der Waals surface area contributed by atoms with E-state index in [2.05, 4.69) is 36.0 Å². The molecule has 0 saturated heterocycles. The van der Waals surface area contributed by atoms with Gasteiger partial charge in [0.25, 0.3) is 0 Å². The molecule has 0 aliphatic heterocycles. The van der Waals surface area contributed by atoms with Crippen molar-refractivity contribution in [2.24, 2.45) is 4.99 Å². The van der Waals surface area contributed by atoms with E-state index >= 15 is 0 Å². The van der Waals surface area contributed by atoms with Crippen LogP contribution in [0.3, 0.4) is 0 Å². The number of guanidine groups is 1. The molecule has 342 valence electrons. The molecule has 1 atom stereocenters. The summed E-state index contributed by atoms with van der Waals surface area (Å²) in [7, 11) is 3.80. The molecular weight excluding hydrogens is 723 g/mol. The van der Waals surface area contributed by atoms with Gasteiger partial charge in [0.05, 0.1) is 12.7 Å². The summed E-state index contributed by atoms with van der Waals surface area (Å²) in [6.07, 6.45) is 41.5. The molecule has 0 aliphatic rings. The lowest BCUT2D eigenvalue weighted by Crippen LogP contribution is -2.34. The van der Waals surface area contributed by atoms with E-state index < -0.39 is 6.29 Å². The molecule has 9 nitrogen and oxygen atoms in total. The topological polar surface area (TPSA) is 110 Å². The Morgan fingerprint density at radius 3 is 1.53 bits per heavy atom. The van der Waals surface area contributed by atoms with Crippen molar-refractivity contribution in [1.82, 2.24) is 15.1 Å². The third kappa shape index (κ3) is 39.6. The predicted molar refractivity (Wildman–Crippen MR) is 247 cm³/mol. The van der Waals surface area contributed by atoms with Gasteiger partial charge in [-0.3, -0.25) is 15.1 Å². The van der Waals surface area contributed by atoms with Crippen LogP contribution < -0.4 is 5.32 Å². The number of nitrogens with zero attached hydrogens (tertiary/aromatic N) is 4. The standard InChI is InChI=1S/C49H97N5O4/c1-6-9-12-15-18-23-30-38-47(55)57-44-34-27-20-26-33-42-54(43-35-40-51-49(52-45-50)53(4)5)41-32-25-19-24-31-39-48(56)58-46(36-28-21-16-13-10-7-2)37-29-22-17-14-11-8-3/h46,48,56H,6-44H2,1-5H3,(H,51,52). The second-order valence-corrected chi connectivity index (χ2v) is 17.3. The first-order chi connectivity index (χ1) is 28.4. The second kappa shape index (κ2) is 44.7. The molecule has 0 saturated carbocycles. The van der Waals surface area contributed by atoms with Crippen molar-refractivity contribution in [1.29, 1.82) is 5.26 Å². The Labute approximate surface area is 360 Å². The number of hydrogen-bond acceptors (Lipinski definition) is 7. The third-order valence-electron chi connectivity index (χ3n) is 11.4. The maximum atomic E-state index is 12.1. The predicted octanol–water partition coefficient (Wildman–Crippen LogP) is 12.8. The number of aliphatic imine (C=N–C) groups is 1. The average molecular weight is 820 g/mol. The summed E-state index contributed by atoms with van der Waals surface area (Å²) in [5.41, 5.74) is 0. The maximum absolute atomic E-state index is 12.1. The van der Waals surface area contributed by atoms with Crippen LogP contribution in [-0.4, -0.2) is 86.1 Å². The van der Waals surface area contributed by atoms with Gasteiger partial charge in [0.1, 0.15) is 0 Å². The van der Waals surface area contributed by atoms with Crippen LogP contribution in [0.25, 0.3) is 0 Å². The zero-order valence-electron chi connectivity index (χ0n) is 39.2. The molecule has 0 heterocycles. The first kappa shape index (κ1) is 56.1. The van der Waals surface area contributed by atoms with Crippen molar-refractivity contribution < 1.29 is 19.4 Å². The fraction of sp³-hybridized carbons (Fsp3) is 0.939. The van der Waals surface area contributed by atoms with Gasteiger partial charge < -0.3 is 24.4 Å². The molecule has 2 N–H and O–H groups in total. The molecule has 0 aliphatic carbocycles. The number of nitrogens with one attached hydrogen (secondary N) is 1. The number of aliphatic hydroxyl groups is 1. The number of carbonyl (C=O) groups excluding carboxylic acids is 1. The Morgan fingerprint density at radius 1 is 0.603 bits per heavy atom. The number of esters is 1. The van der Waals surface area contributed by atoms with Crippen LogP contribution in [0, 0.1) is 11.5 Å². The molecular formula is C49H97N5O4. The SMILES string of the molecule is CCCCCCCCCC(=O)OCCCCCCCN(CCCCCCCC(O)OC(CCCCCCCC)CCCCCCCC)CCCN=C(NC#N)N(C)C. The van der Waals surface area contributed by atoms with Crippen LogP contribution in [0.15, 0.2) is 4.99 Å². The molecule has 0 aromatic rings. The van der Waals surface area contributed by atoms with E-state index in [1.807, 2.05) is 25.2 Å². The summed E-state index contributed by atoms with van der Waals surface area (Å²) in [6, 6.07) is 0. The van der Waals surface area contributed by atoms with Crippen LogP contribution in [0.5, 0.6) is 0 Å². The Kier molecular flexibility index (Phi) is 43.2. The van der Waals surface area contributed by atoms with Gasteiger partial charge in [-0.25, -0.2) is 0 Å². The first-order valence-corrected chi connectivity index (χ1v) is 25.0. The maximum Gasteiger partial charge on any atom is 0.305 e. The van der Waals surface area contributed by atoms with Crippen molar-refractivity contribution in [2.45, 2.75) is 251 Å². The highest BCUT2D eigenvalue weighted by atomic mass is 16.6. The first-order valence-electron chi connectivity index (χ1n) is 25.0. The largest absolute Gasteiger partial charge is 0.466 e.